The van der Waals surface area contributed by atoms with Gasteiger partial charge in [0.05, 0.1) is 11.1 Å². The minimum absolute atomic E-state index is 0.0202. The molecule has 0 spiro atoms. The van der Waals surface area contributed by atoms with Crippen molar-refractivity contribution >= 4 is 17.5 Å². The lowest BCUT2D eigenvalue weighted by Crippen LogP contribution is -2.49. The zero-order valence-electron chi connectivity index (χ0n) is 13.0. The summed E-state index contributed by atoms with van der Waals surface area (Å²) in [5, 5.41) is 3.64. The third-order valence-electron chi connectivity index (χ3n) is 4.15. The van der Waals surface area contributed by atoms with Crippen LogP contribution in [0.1, 0.15) is 34.6 Å². The van der Waals surface area contributed by atoms with Crippen molar-refractivity contribution < 1.29 is 4.79 Å². The lowest BCUT2D eigenvalue weighted by molar-refractivity contribution is 0.0628. The van der Waals surface area contributed by atoms with E-state index >= 15 is 0 Å². The number of hydrogen-bond donors (Lipinski definition) is 1. The summed E-state index contributed by atoms with van der Waals surface area (Å²) in [6, 6.07) is 8.40. The highest BCUT2D eigenvalue weighted by Crippen LogP contribution is 2.25. The van der Waals surface area contributed by atoms with Crippen LogP contribution in [0.5, 0.6) is 0 Å². The van der Waals surface area contributed by atoms with E-state index in [4.69, 9.17) is 11.6 Å². The predicted octanol–water partition coefficient (Wildman–Crippen LogP) is 2.48. The molecule has 2 heterocycles. The van der Waals surface area contributed by atoms with Gasteiger partial charge in [-0.05, 0) is 17.5 Å². The Morgan fingerprint density at radius 1 is 1.39 bits per heavy atom. The van der Waals surface area contributed by atoms with Crippen LogP contribution in [-0.4, -0.2) is 40.4 Å². The van der Waals surface area contributed by atoms with E-state index in [0.717, 1.165) is 25.1 Å². The highest BCUT2D eigenvalue weighted by atomic mass is 35.5. The summed E-state index contributed by atoms with van der Waals surface area (Å²) in [5.74, 6) is -0.150. The molecule has 1 aliphatic rings. The summed E-state index contributed by atoms with van der Waals surface area (Å²) in [7, 11) is 0. The molecule has 1 aromatic heterocycles. The normalized spacial score (nSPS) is 18.0. The fraction of sp³-hybridized carbons (Fsp3) is 0.353. The zero-order valence-corrected chi connectivity index (χ0v) is 13.8. The van der Waals surface area contributed by atoms with E-state index < -0.39 is 0 Å². The zero-order chi connectivity index (χ0) is 16.2. The van der Waals surface area contributed by atoms with Crippen molar-refractivity contribution in [2.45, 2.75) is 19.4 Å². The van der Waals surface area contributed by atoms with Crippen LogP contribution >= 0.6 is 11.6 Å². The van der Waals surface area contributed by atoms with Gasteiger partial charge in [0.15, 0.2) is 0 Å². The topological polar surface area (TPSA) is 58.1 Å². The molecule has 2 aromatic rings. The first-order chi connectivity index (χ1) is 11.2. The van der Waals surface area contributed by atoms with E-state index in [1.54, 1.807) is 0 Å². The number of hydrogen-bond acceptors (Lipinski definition) is 4. The van der Waals surface area contributed by atoms with Crippen molar-refractivity contribution in [3.63, 3.8) is 0 Å². The van der Waals surface area contributed by atoms with Gasteiger partial charge in [0.1, 0.15) is 12.0 Å². The van der Waals surface area contributed by atoms with Crippen molar-refractivity contribution in [1.82, 2.24) is 20.2 Å². The second-order valence-electron chi connectivity index (χ2n) is 5.53. The number of nitrogens with one attached hydrogen (secondary N) is 1. The van der Waals surface area contributed by atoms with Crippen LogP contribution in [0, 0.1) is 0 Å². The first kappa shape index (κ1) is 15.9. The van der Waals surface area contributed by atoms with Gasteiger partial charge in [0, 0.05) is 25.8 Å². The van der Waals surface area contributed by atoms with E-state index in [1.165, 1.54) is 18.1 Å². The Labute approximate surface area is 140 Å². The minimum Gasteiger partial charge on any atom is -0.328 e. The summed E-state index contributed by atoms with van der Waals surface area (Å²) in [6.07, 6.45) is 3.81. The maximum Gasteiger partial charge on any atom is 0.274 e. The largest absolute Gasteiger partial charge is 0.328 e. The van der Waals surface area contributed by atoms with Crippen LogP contribution in [0.3, 0.4) is 0 Å². The van der Waals surface area contributed by atoms with Gasteiger partial charge < -0.3 is 10.2 Å². The van der Waals surface area contributed by atoms with Crippen LogP contribution in [-0.2, 0) is 6.42 Å². The smallest absolute Gasteiger partial charge is 0.274 e. The van der Waals surface area contributed by atoms with Crippen LogP contribution in [0.2, 0.25) is 5.02 Å². The van der Waals surface area contributed by atoms with Crippen molar-refractivity contribution in [1.29, 1.82) is 0 Å². The Morgan fingerprint density at radius 2 is 2.17 bits per heavy atom. The number of amides is 1. The van der Waals surface area contributed by atoms with Gasteiger partial charge in [0.25, 0.3) is 5.91 Å². The van der Waals surface area contributed by atoms with Crippen molar-refractivity contribution in [3.05, 3.63) is 58.6 Å². The van der Waals surface area contributed by atoms with Crippen LogP contribution in [0.25, 0.3) is 0 Å². The maximum absolute atomic E-state index is 12.9. The Hall–Kier alpha value is -1.98. The molecule has 0 aliphatic carbocycles. The third-order valence-corrected chi connectivity index (χ3v) is 4.42. The van der Waals surface area contributed by atoms with E-state index in [1.807, 2.05) is 4.90 Å². The molecule has 1 saturated heterocycles. The maximum atomic E-state index is 12.9. The number of aryl methyl sites for hydroxylation is 1. The lowest BCUT2D eigenvalue weighted by Gasteiger charge is -2.36. The highest BCUT2D eigenvalue weighted by Gasteiger charge is 2.30. The Bertz CT molecular complexity index is 689. The molecule has 0 radical (unpaired) electrons. The van der Waals surface area contributed by atoms with Crippen molar-refractivity contribution in [2.75, 3.05) is 19.6 Å². The molecule has 1 atom stereocenters. The molecule has 5 nitrogen and oxygen atoms in total. The first-order valence-electron chi connectivity index (χ1n) is 7.76. The minimum atomic E-state index is -0.150. The molecule has 1 amide bonds. The number of halogens is 1. The summed E-state index contributed by atoms with van der Waals surface area (Å²) in [5.41, 5.74) is 2.67. The average Bonchev–Trinajstić information content (AvgIpc) is 2.62. The third kappa shape index (κ3) is 3.35. The summed E-state index contributed by atoms with van der Waals surface area (Å²) < 4.78 is 0. The standard InChI is InChI=1S/C17H19ClN4O/c1-2-12-3-5-13(6-4-12)15-10-19-7-8-22(15)17(23)16-14(18)9-20-11-21-16/h3-6,9,11,15,19H,2,7-8,10H2,1H3. The van der Waals surface area contributed by atoms with Crippen molar-refractivity contribution in [3.8, 4) is 0 Å². The number of aromatic nitrogens is 2. The van der Waals surface area contributed by atoms with Crippen LogP contribution in [0.4, 0.5) is 0 Å². The molecule has 0 saturated carbocycles. The SMILES string of the molecule is CCc1ccc(C2CNCCN2C(=O)c2ncncc2Cl)cc1. The Morgan fingerprint density at radius 3 is 2.87 bits per heavy atom. The van der Waals surface area contributed by atoms with Crippen molar-refractivity contribution in [2.24, 2.45) is 0 Å². The van der Waals surface area contributed by atoms with Gasteiger partial charge in [-0.1, -0.05) is 42.8 Å². The van der Waals surface area contributed by atoms with E-state index in [9.17, 15) is 4.79 Å². The van der Waals surface area contributed by atoms with Gasteiger partial charge in [-0.25, -0.2) is 9.97 Å². The first-order valence-corrected chi connectivity index (χ1v) is 8.14. The highest BCUT2D eigenvalue weighted by molar-refractivity contribution is 6.33. The lowest BCUT2D eigenvalue weighted by atomic mass is 10.0. The molecule has 1 aliphatic heterocycles. The van der Waals surface area contributed by atoms with E-state index in [0.29, 0.717) is 6.54 Å². The predicted molar refractivity (Wildman–Crippen MR) is 89.5 cm³/mol. The fourth-order valence-corrected chi connectivity index (χ4v) is 3.01. The molecule has 23 heavy (non-hydrogen) atoms. The molecular weight excluding hydrogens is 312 g/mol. The average molecular weight is 331 g/mol. The molecule has 1 N–H and O–H groups in total. The Kier molecular flexibility index (Phi) is 4.88. The summed E-state index contributed by atoms with van der Waals surface area (Å²) in [6.45, 7) is 4.24. The molecular formula is C17H19ClN4O. The molecule has 1 fully saturated rings. The monoisotopic (exact) mass is 330 g/mol. The second-order valence-corrected chi connectivity index (χ2v) is 5.94. The molecule has 120 valence electrons. The number of carbonyl (C=O) groups is 1. The van der Waals surface area contributed by atoms with Crippen LogP contribution in [0.15, 0.2) is 36.8 Å². The van der Waals surface area contributed by atoms with E-state index in [-0.39, 0.29) is 22.7 Å². The van der Waals surface area contributed by atoms with Gasteiger partial charge in [-0.3, -0.25) is 4.79 Å². The van der Waals surface area contributed by atoms with E-state index in [2.05, 4.69) is 46.5 Å². The molecule has 3 rings (SSSR count). The fourth-order valence-electron chi connectivity index (χ4n) is 2.83. The number of nitrogens with zero attached hydrogens (tertiary/aromatic N) is 3. The molecule has 0 bridgehead atoms. The van der Waals surface area contributed by atoms with Gasteiger partial charge in [-0.15, -0.1) is 0 Å². The number of piperazine rings is 1. The second kappa shape index (κ2) is 7.06. The molecule has 6 heteroatoms. The van der Waals surface area contributed by atoms with Gasteiger partial charge >= 0.3 is 0 Å². The quantitative estimate of drug-likeness (QED) is 0.939. The number of carbonyl (C=O) groups excluding carboxylic acids is 1. The van der Waals surface area contributed by atoms with Crippen LogP contribution < -0.4 is 5.32 Å². The number of rotatable bonds is 3. The van der Waals surface area contributed by atoms with Gasteiger partial charge in [-0.2, -0.15) is 0 Å². The molecule has 1 aromatic carbocycles. The number of benzene rings is 1. The molecule has 1 unspecified atom stereocenters. The van der Waals surface area contributed by atoms with Gasteiger partial charge in [0.2, 0.25) is 0 Å². The Balaban J connectivity index is 1.89. The summed E-state index contributed by atoms with van der Waals surface area (Å²) >= 11 is 6.08. The summed E-state index contributed by atoms with van der Waals surface area (Å²) in [4.78, 5) is 22.6.